The monoisotopic (exact) mass is 261 g/mol. The quantitative estimate of drug-likeness (QED) is 0.784. The molecule has 19 heavy (non-hydrogen) atoms. The largest absolute Gasteiger partial charge is 0.496 e. The van der Waals surface area contributed by atoms with Gasteiger partial charge in [-0.05, 0) is 18.2 Å². The minimum Gasteiger partial charge on any atom is -0.496 e. The summed E-state index contributed by atoms with van der Waals surface area (Å²) in [6.45, 7) is -0.190. The fraction of sp³-hybridized carbons (Fsp3) is 0.231. The third-order valence-electron chi connectivity index (χ3n) is 2.72. The molecule has 1 aromatic carbocycles. The van der Waals surface area contributed by atoms with Crippen LogP contribution in [0.15, 0.2) is 30.7 Å². The number of aliphatic hydroxyl groups excluding tert-OH is 1. The number of methoxy groups -OCH3 is 1. The number of nitrogen functional groups attached to an aromatic ring is 1. The molecular formula is C13H15N3O3. The maximum absolute atomic E-state index is 11.9. The Labute approximate surface area is 110 Å². The standard InChI is InChI=1S/C13H15N3O3/c1-19-12-3-2-9(16-7-13(14)15-8-16)6-10(12)11(18)4-5-17/h2-3,6-8,17H,4-5,14H2,1H3. The van der Waals surface area contributed by atoms with Crippen molar-refractivity contribution in [3.8, 4) is 11.4 Å². The average Bonchev–Trinajstić information content (AvgIpc) is 2.85. The summed E-state index contributed by atoms with van der Waals surface area (Å²) in [6, 6.07) is 5.20. The predicted molar refractivity (Wildman–Crippen MR) is 70.6 cm³/mol. The fourth-order valence-corrected chi connectivity index (χ4v) is 1.79. The van der Waals surface area contributed by atoms with E-state index < -0.39 is 0 Å². The number of imidazole rings is 1. The van der Waals surface area contributed by atoms with Crippen molar-refractivity contribution in [2.45, 2.75) is 6.42 Å². The van der Waals surface area contributed by atoms with Crippen LogP contribution in [-0.2, 0) is 0 Å². The minimum atomic E-state index is -0.190. The predicted octanol–water partition coefficient (Wildman–Crippen LogP) is 1.03. The van der Waals surface area contributed by atoms with Gasteiger partial charge >= 0.3 is 0 Å². The van der Waals surface area contributed by atoms with Gasteiger partial charge in [0.05, 0.1) is 25.5 Å². The summed E-state index contributed by atoms with van der Waals surface area (Å²) < 4.78 is 6.87. The van der Waals surface area contributed by atoms with Crippen LogP contribution in [0.4, 0.5) is 5.82 Å². The molecule has 0 unspecified atom stereocenters. The number of aromatic nitrogens is 2. The molecule has 0 saturated carbocycles. The summed E-state index contributed by atoms with van der Waals surface area (Å²) in [5.74, 6) is 0.712. The Hall–Kier alpha value is -2.34. The van der Waals surface area contributed by atoms with Crippen LogP contribution in [-0.4, -0.2) is 34.2 Å². The number of nitrogens with zero attached hydrogens (tertiary/aromatic N) is 2. The normalized spacial score (nSPS) is 10.4. The van der Waals surface area contributed by atoms with E-state index in [9.17, 15) is 4.79 Å². The molecule has 0 bridgehead atoms. The van der Waals surface area contributed by atoms with E-state index in [2.05, 4.69) is 4.98 Å². The van der Waals surface area contributed by atoms with E-state index >= 15 is 0 Å². The molecule has 0 radical (unpaired) electrons. The van der Waals surface area contributed by atoms with E-state index in [4.69, 9.17) is 15.6 Å². The lowest BCUT2D eigenvalue weighted by Crippen LogP contribution is -2.05. The van der Waals surface area contributed by atoms with E-state index in [0.717, 1.165) is 5.69 Å². The number of hydrogen-bond acceptors (Lipinski definition) is 5. The maximum Gasteiger partial charge on any atom is 0.168 e. The molecule has 3 N–H and O–H groups in total. The lowest BCUT2D eigenvalue weighted by Gasteiger charge is -2.10. The topological polar surface area (TPSA) is 90.4 Å². The molecule has 0 fully saturated rings. The molecule has 6 heteroatoms. The van der Waals surface area contributed by atoms with Crippen molar-refractivity contribution in [1.29, 1.82) is 0 Å². The Morgan fingerprint density at radius 2 is 2.32 bits per heavy atom. The maximum atomic E-state index is 11.9. The van der Waals surface area contributed by atoms with Crippen LogP contribution >= 0.6 is 0 Å². The van der Waals surface area contributed by atoms with E-state index in [1.807, 2.05) is 0 Å². The van der Waals surface area contributed by atoms with Crippen molar-refractivity contribution in [1.82, 2.24) is 9.55 Å². The zero-order valence-electron chi connectivity index (χ0n) is 10.5. The molecule has 0 aliphatic carbocycles. The first-order chi connectivity index (χ1) is 9.15. The lowest BCUT2D eigenvalue weighted by molar-refractivity contribution is 0.0953. The van der Waals surface area contributed by atoms with Crippen molar-refractivity contribution < 1.29 is 14.6 Å². The molecule has 2 aromatic rings. The Bertz CT molecular complexity index is 593. The number of aliphatic hydroxyl groups is 1. The zero-order chi connectivity index (χ0) is 13.8. The van der Waals surface area contributed by atoms with Crippen molar-refractivity contribution in [3.05, 3.63) is 36.3 Å². The number of ketones is 1. The summed E-state index contributed by atoms with van der Waals surface area (Å²) in [5, 5.41) is 8.86. The molecule has 100 valence electrons. The minimum absolute atomic E-state index is 0.0614. The second-order valence-corrected chi connectivity index (χ2v) is 3.99. The third kappa shape index (κ3) is 2.74. The molecule has 2 rings (SSSR count). The Kier molecular flexibility index (Phi) is 3.82. The SMILES string of the molecule is COc1ccc(-n2cnc(N)c2)cc1C(=O)CCO. The summed E-state index contributed by atoms with van der Waals surface area (Å²) in [4.78, 5) is 15.9. The number of ether oxygens (including phenoxy) is 1. The highest BCUT2D eigenvalue weighted by molar-refractivity contribution is 5.99. The molecule has 1 aromatic heterocycles. The highest BCUT2D eigenvalue weighted by Crippen LogP contribution is 2.23. The van der Waals surface area contributed by atoms with Crippen LogP contribution in [0.5, 0.6) is 5.75 Å². The molecular weight excluding hydrogens is 246 g/mol. The van der Waals surface area contributed by atoms with Gasteiger partial charge in [0.25, 0.3) is 0 Å². The number of benzene rings is 1. The second-order valence-electron chi connectivity index (χ2n) is 3.99. The van der Waals surface area contributed by atoms with Crippen LogP contribution in [0, 0.1) is 0 Å². The number of hydrogen-bond donors (Lipinski definition) is 2. The van der Waals surface area contributed by atoms with Gasteiger partial charge < -0.3 is 20.1 Å². The van der Waals surface area contributed by atoms with Gasteiger partial charge in [0, 0.05) is 12.1 Å². The number of nitrogens with two attached hydrogens (primary N) is 1. The molecule has 1 heterocycles. The van der Waals surface area contributed by atoms with E-state index in [1.165, 1.54) is 7.11 Å². The zero-order valence-corrected chi connectivity index (χ0v) is 10.5. The molecule has 0 aliphatic rings. The van der Waals surface area contributed by atoms with Crippen molar-refractivity contribution in [2.24, 2.45) is 0 Å². The smallest absolute Gasteiger partial charge is 0.168 e. The van der Waals surface area contributed by atoms with Crippen LogP contribution in [0.25, 0.3) is 5.69 Å². The average molecular weight is 261 g/mol. The van der Waals surface area contributed by atoms with Crippen LogP contribution < -0.4 is 10.5 Å². The number of Topliss-reactive ketones (excluding diaryl/α,β-unsaturated/α-hetero) is 1. The lowest BCUT2D eigenvalue weighted by atomic mass is 10.1. The number of carbonyl (C=O) groups is 1. The van der Waals surface area contributed by atoms with Crippen molar-refractivity contribution in [2.75, 3.05) is 19.5 Å². The van der Waals surface area contributed by atoms with Gasteiger partial charge in [-0.1, -0.05) is 0 Å². The van der Waals surface area contributed by atoms with Gasteiger partial charge in [-0.2, -0.15) is 0 Å². The Morgan fingerprint density at radius 3 is 2.89 bits per heavy atom. The van der Waals surface area contributed by atoms with Crippen molar-refractivity contribution >= 4 is 11.6 Å². The summed E-state index contributed by atoms with van der Waals surface area (Å²) in [5.41, 5.74) is 6.75. The van der Waals surface area contributed by atoms with E-state index in [1.54, 1.807) is 35.3 Å². The van der Waals surface area contributed by atoms with Gasteiger partial charge in [-0.25, -0.2) is 4.98 Å². The van der Waals surface area contributed by atoms with Gasteiger partial charge in [0.2, 0.25) is 0 Å². The highest BCUT2D eigenvalue weighted by atomic mass is 16.5. The number of anilines is 1. The van der Waals surface area contributed by atoms with Crippen LogP contribution in [0.3, 0.4) is 0 Å². The summed E-state index contributed by atoms with van der Waals surface area (Å²) in [7, 11) is 1.50. The van der Waals surface area contributed by atoms with E-state index in [-0.39, 0.29) is 18.8 Å². The highest BCUT2D eigenvalue weighted by Gasteiger charge is 2.13. The summed E-state index contributed by atoms with van der Waals surface area (Å²) in [6.07, 6.45) is 3.28. The Balaban J connectivity index is 2.43. The van der Waals surface area contributed by atoms with Gasteiger partial charge in [-0.15, -0.1) is 0 Å². The number of rotatable bonds is 5. The van der Waals surface area contributed by atoms with Crippen LogP contribution in [0.2, 0.25) is 0 Å². The second kappa shape index (κ2) is 5.53. The van der Waals surface area contributed by atoms with Gasteiger partial charge in [0.1, 0.15) is 17.9 Å². The third-order valence-corrected chi connectivity index (χ3v) is 2.72. The fourth-order valence-electron chi connectivity index (χ4n) is 1.79. The first-order valence-electron chi connectivity index (χ1n) is 5.77. The van der Waals surface area contributed by atoms with Crippen molar-refractivity contribution in [3.63, 3.8) is 0 Å². The molecule has 0 amide bonds. The molecule has 6 nitrogen and oxygen atoms in total. The van der Waals surface area contributed by atoms with Gasteiger partial charge in [0.15, 0.2) is 5.78 Å². The molecule has 0 spiro atoms. The summed E-state index contributed by atoms with van der Waals surface area (Å²) >= 11 is 0. The molecule has 0 saturated heterocycles. The first-order valence-corrected chi connectivity index (χ1v) is 5.77. The molecule has 0 aliphatic heterocycles. The number of carbonyl (C=O) groups excluding carboxylic acids is 1. The first kappa shape index (κ1) is 13.1. The van der Waals surface area contributed by atoms with E-state index in [0.29, 0.717) is 17.1 Å². The van der Waals surface area contributed by atoms with Crippen LogP contribution in [0.1, 0.15) is 16.8 Å². The van der Waals surface area contributed by atoms with Gasteiger partial charge in [-0.3, -0.25) is 4.79 Å². The molecule has 0 atom stereocenters. The Morgan fingerprint density at radius 1 is 1.53 bits per heavy atom.